The predicted octanol–water partition coefficient (Wildman–Crippen LogP) is 31.9. The third kappa shape index (κ3) is 12.8. The van der Waals surface area contributed by atoms with Crippen LogP contribution in [0.1, 0.15) is 0 Å². The second kappa shape index (κ2) is 31.9. The van der Waals surface area contributed by atoms with Crippen LogP contribution < -0.4 is 0 Å². The Bertz CT molecular complexity index is 9750. The third-order valence-corrected chi connectivity index (χ3v) is 30.5. The van der Waals surface area contributed by atoms with Crippen molar-refractivity contribution in [3.63, 3.8) is 0 Å². The number of rotatable bonds is 8. The molecule has 17 heteroatoms. The zero-order chi connectivity index (χ0) is 88.7. The minimum absolute atomic E-state index is 0.681. The van der Waals surface area contributed by atoms with Crippen LogP contribution in [-0.2, 0) is 0 Å². The lowest BCUT2D eigenvalue weighted by atomic mass is 10.1. The summed E-state index contributed by atoms with van der Waals surface area (Å²) in [5.74, 6) is 4.74. The van der Waals surface area contributed by atoms with Crippen LogP contribution in [0.5, 0.6) is 0 Å². The fourth-order valence-electron chi connectivity index (χ4n) is 19.9. The molecule has 0 unspecified atom stereocenters. The van der Waals surface area contributed by atoms with Crippen LogP contribution in [0.2, 0.25) is 0 Å². The molecule has 0 atom stereocenters. The lowest BCUT2D eigenvalue weighted by molar-refractivity contribution is 0.976. The van der Waals surface area contributed by atoms with Crippen molar-refractivity contribution in [3.05, 3.63) is 431 Å². The van der Waals surface area contributed by atoms with Crippen molar-refractivity contribution in [2.75, 3.05) is 0 Å². The number of nitrogens with zero attached hydrogens (tertiary/aromatic N) is 13. The zero-order valence-corrected chi connectivity index (χ0v) is 75.2. The highest BCUT2D eigenvalue weighted by Gasteiger charge is 2.27. The largest absolute Gasteiger partial charge is 0.309 e. The highest BCUT2D eigenvalue weighted by Crippen LogP contribution is 2.47. The average molecular weight is 1800 g/mol. The van der Waals surface area contributed by atoms with Gasteiger partial charge in [0.1, 0.15) is 0 Å². The van der Waals surface area contributed by atoms with Crippen LogP contribution >= 0.6 is 45.3 Å². The van der Waals surface area contributed by atoms with E-state index in [9.17, 15) is 0 Å². The number of fused-ring (bicyclic) bond motifs is 27. The predicted molar refractivity (Wildman–Crippen MR) is 568 cm³/mol. The van der Waals surface area contributed by atoms with E-state index in [0.717, 1.165) is 142 Å². The smallest absolute Gasteiger partial charge is 0.237 e. The van der Waals surface area contributed by atoms with Gasteiger partial charge in [-0.1, -0.05) is 328 Å². The molecule has 30 rings (SSSR count). The maximum absolute atomic E-state index is 5.41. The van der Waals surface area contributed by atoms with Crippen molar-refractivity contribution in [1.82, 2.24) is 62.7 Å². The molecule has 0 aliphatic carbocycles. The second-order valence-corrected chi connectivity index (χ2v) is 37.8. The summed E-state index contributed by atoms with van der Waals surface area (Å²) in [6.07, 6.45) is 1.95. The van der Waals surface area contributed by atoms with Crippen LogP contribution in [0, 0.1) is 0 Å². The number of aromatic nitrogens is 13. The van der Waals surface area contributed by atoms with E-state index in [1.165, 1.54) is 99.9 Å². The molecule has 0 fully saturated rings. The monoisotopic (exact) mass is 1800 g/mol. The Kier molecular flexibility index (Phi) is 18.4. The zero-order valence-electron chi connectivity index (χ0n) is 71.9. The number of benzene rings is 17. The highest BCUT2D eigenvalue weighted by molar-refractivity contribution is 7.27. The Morgan fingerprint density at radius 2 is 0.467 bits per heavy atom. The van der Waals surface area contributed by atoms with Crippen LogP contribution in [0.3, 0.4) is 0 Å². The molecule has 13 nitrogen and oxygen atoms in total. The van der Waals surface area contributed by atoms with Gasteiger partial charge in [0, 0.05) is 123 Å². The Morgan fingerprint density at radius 3 is 0.874 bits per heavy atom. The van der Waals surface area contributed by atoms with Crippen molar-refractivity contribution in [1.29, 1.82) is 0 Å². The van der Waals surface area contributed by atoms with Gasteiger partial charge in [-0.2, -0.15) is 4.98 Å². The van der Waals surface area contributed by atoms with Gasteiger partial charge < -0.3 is 4.57 Å². The molecule has 0 bridgehead atoms. The Labute approximate surface area is 786 Å². The molecule has 0 aliphatic heterocycles. The topological polar surface area (TPSA) is 128 Å². The molecule has 13 aromatic heterocycles. The second-order valence-electron chi connectivity index (χ2n) is 33.6. The van der Waals surface area contributed by atoms with Crippen molar-refractivity contribution >= 4 is 236 Å². The van der Waals surface area contributed by atoms with Gasteiger partial charge in [0.2, 0.25) is 11.9 Å². The van der Waals surface area contributed by atoms with Gasteiger partial charge >= 0.3 is 0 Å². The number of hydrogen-bond donors (Lipinski definition) is 0. The van der Waals surface area contributed by atoms with Gasteiger partial charge in [-0.15, -0.1) is 45.3 Å². The average Bonchev–Trinajstić information content (AvgIpc) is 1.56. The normalized spacial score (nSPS) is 11.9. The summed E-state index contributed by atoms with van der Waals surface area (Å²) >= 11 is 7.03. The van der Waals surface area contributed by atoms with E-state index in [4.69, 9.17) is 39.9 Å². The lowest BCUT2D eigenvalue weighted by Gasteiger charge is -2.12. The van der Waals surface area contributed by atoms with E-state index in [0.29, 0.717) is 11.9 Å². The van der Waals surface area contributed by atoms with Crippen molar-refractivity contribution in [3.8, 4) is 63.3 Å². The maximum Gasteiger partial charge on any atom is 0.237 e. The fourth-order valence-corrected chi connectivity index (χ4v) is 24.4. The molecule has 135 heavy (non-hydrogen) atoms. The van der Waals surface area contributed by atoms with Crippen LogP contribution in [0.15, 0.2) is 431 Å². The van der Waals surface area contributed by atoms with E-state index in [-0.39, 0.29) is 0 Å². The van der Waals surface area contributed by atoms with Gasteiger partial charge in [0.15, 0.2) is 23.3 Å². The molecular weight excluding hydrogens is 1730 g/mol. The molecule has 0 spiro atoms. The van der Waals surface area contributed by atoms with E-state index in [1.807, 2.05) is 30.5 Å². The quantitative estimate of drug-likeness (QED) is 0.147. The van der Waals surface area contributed by atoms with Crippen LogP contribution in [0.25, 0.3) is 253 Å². The van der Waals surface area contributed by atoms with Gasteiger partial charge in [0.25, 0.3) is 0 Å². The van der Waals surface area contributed by atoms with Gasteiger partial charge in [-0.3, -0.25) is 18.3 Å². The molecule has 632 valence electrons. The molecule has 0 aliphatic rings. The van der Waals surface area contributed by atoms with Crippen molar-refractivity contribution in [2.24, 2.45) is 0 Å². The molecule has 0 radical (unpaired) electrons. The maximum atomic E-state index is 5.41. The summed E-state index contributed by atoms with van der Waals surface area (Å²) in [5, 5.41) is 16.9. The summed E-state index contributed by atoms with van der Waals surface area (Å²) in [6, 6.07) is 149. The Morgan fingerprint density at radius 1 is 0.178 bits per heavy atom. The van der Waals surface area contributed by atoms with Gasteiger partial charge in [-0.05, 0) is 97.1 Å². The molecule has 0 amide bonds. The van der Waals surface area contributed by atoms with Gasteiger partial charge in [0.05, 0.1) is 102 Å². The SMILES string of the molecule is c1cc(-c2ncc3sc4ccccc4c3n2)cc(-n2c3ccccc3c3ccccc32)c1.c1ccc(-c2nc(-n3c4ccccc4c4ccccc43)c3sc4ccccc4c3n2)cc1.c1ccc(-c2nc(-n3c4ccccc4c4ccccc43)nc3c2sc2ccccc23)cc1.c1ccc2c(c1)sc1c(-n3c4ccccc4c4ccccc43)nc(-n3c4ccccc4c4ccccc43)nc12. The molecule has 0 saturated heterocycles. The molecule has 0 N–H and O–H groups in total. The standard InChI is InChI=1S/C34H20N4S.3C28H17N3S/c1-6-16-26-21(11-1)22-12-2-7-17-27(22)37(26)33-32-31(25-15-5-10-20-30(25)39-32)35-34(36-33)38-28-18-8-3-13-23(28)24-14-4-9-19-29(24)38;1-4-13-23-20(10-1)21-11-2-5-14-24(21)31(23)19-9-7-8-18(16-19)28-29-17-26-27(30-28)22-12-3-6-15-25(22)32-26;1-2-10-18(11-3-1)27-29-25-21-14-6-9-17-24(21)32-26(25)28(30-27)31-22-15-7-4-12-19(22)20-13-5-8-16-23(20)31;1-2-10-18(11-3-1)25-27-26(21-14-6-9-17-24(21)32-27)30-28(29-25)31-22-15-7-4-12-19(22)20-13-5-8-16-23(20)31/h1-20H;3*1-17H. The molecule has 13 heterocycles. The molecule has 17 aromatic carbocycles. The van der Waals surface area contributed by atoms with Crippen LogP contribution in [0.4, 0.5) is 0 Å². The number of thiophene rings is 4. The fraction of sp³-hybridized carbons (Fsp3) is 0. The van der Waals surface area contributed by atoms with E-state index < -0.39 is 0 Å². The third-order valence-electron chi connectivity index (χ3n) is 25.9. The van der Waals surface area contributed by atoms with E-state index >= 15 is 0 Å². The molecule has 30 aromatic rings. The Hall–Kier alpha value is -17.1. The molecule has 0 saturated carbocycles. The minimum atomic E-state index is 0.681. The summed E-state index contributed by atoms with van der Waals surface area (Å²) in [6.45, 7) is 0. The first kappa shape index (κ1) is 77.8. The first-order valence-corrected chi connectivity index (χ1v) is 48.1. The minimum Gasteiger partial charge on any atom is -0.309 e. The van der Waals surface area contributed by atoms with Crippen LogP contribution in [-0.4, -0.2) is 62.7 Å². The summed E-state index contributed by atoms with van der Waals surface area (Å²) in [7, 11) is 0. The number of hydrogen-bond acceptors (Lipinski definition) is 12. The van der Waals surface area contributed by atoms with E-state index in [1.54, 1.807) is 45.3 Å². The first-order valence-electron chi connectivity index (χ1n) is 44.9. The van der Waals surface area contributed by atoms with E-state index in [2.05, 4.69) is 423 Å². The molecular formula is C118H71N13S4. The summed E-state index contributed by atoms with van der Waals surface area (Å²) in [5.41, 5.74) is 20.7. The summed E-state index contributed by atoms with van der Waals surface area (Å²) < 4.78 is 20.7. The van der Waals surface area contributed by atoms with Gasteiger partial charge in [-0.25, -0.2) is 34.9 Å². The lowest BCUT2D eigenvalue weighted by Crippen LogP contribution is -2.06. The van der Waals surface area contributed by atoms with Crippen molar-refractivity contribution in [2.45, 2.75) is 0 Å². The summed E-state index contributed by atoms with van der Waals surface area (Å²) in [4.78, 5) is 40.9. The Balaban J connectivity index is 0.0000000918. The highest BCUT2D eigenvalue weighted by atomic mass is 32.1. The van der Waals surface area contributed by atoms with Crippen molar-refractivity contribution < 1.29 is 0 Å². The first-order chi connectivity index (χ1) is 67.0. The number of para-hydroxylation sites is 10.